The smallest absolute Gasteiger partial charge is 0.313 e. The third-order valence-electron chi connectivity index (χ3n) is 10.8. The Kier molecular flexibility index (Phi) is 14.7. The van der Waals surface area contributed by atoms with Gasteiger partial charge in [-0.3, -0.25) is 19.2 Å². The number of hydrogen-bond acceptors (Lipinski definition) is 8. The van der Waals surface area contributed by atoms with Gasteiger partial charge in [0.2, 0.25) is 17.7 Å². The van der Waals surface area contributed by atoms with Gasteiger partial charge in [-0.1, -0.05) is 109 Å². The minimum atomic E-state index is -1.36. The molecule has 0 aromatic heterocycles. The largest absolute Gasteiger partial charge is 0.455 e. The normalized spacial score (nSPS) is 25.7. The summed E-state index contributed by atoms with van der Waals surface area (Å²) in [5.74, 6) is -3.79. The third-order valence-corrected chi connectivity index (χ3v) is 11.7. The maximum Gasteiger partial charge on any atom is 0.313 e. The van der Waals surface area contributed by atoms with Gasteiger partial charge in [-0.25, -0.2) is 0 Å². The fourth-order valence-electron chi connectivity index (χ4n) is 8.44. The zero-order valence-electron chi connectivity index (χ0n) is 31.3. The Labute approximate surface area is 327 Å². The van der Waals surface area contributed by atoms with E-state index in [0.717, 1.165) is 24.8 Å². The Morgan fingerprint density at radius 3 is 2.44 bits per heavy atom. The van der Waals surface area contributed by atoms with Crippen LogP contribution in [0.4, 0.5) is 0 Å². The van der Waals surface area contributed by atoms with Crippen LogP contribution in [0.3, 0.4) is 0 Å². The summed E-state index contributed by atoms with van der Waals surface area (Å²) >= 11 is 3.76. The van der Waals surface area contributed by atoms with Crippen LogP contribution in [0.25, 0.3) is 0 Å². The van der Waals surface area contributed by atoms with E-state index in [0.29, 0.717) is 31.4 Å². The van der Waals surface area contributed by atoms with Crippen molar-refractivity contribution < 1.29 is 38.5 Å². The summed E-state index contributed by atoms with van der Waals surface area (Å²) in [7, 11) is 1.50. The Hall–Kier alpha value is -3.84. The molecule has 12 heteroatoms. The lowest BCUT2D eigenvalue weighted by Gasteiger charge is -2.39. The Morgan fingerprint density at radius 1 is 1.11 bits per heavy atom. The highest BCUT2D eigenvalue weighted by Gasteiger charge is 2.77. The molecule has 9 atom stereocenters. The van der Waals surface area contributed by atoms with Gasteiger partial charge in [-0.05, 0) is 36.8 Å². The fraction of sp³-hybridized carbons (Fsp3) is 0.524. The zero-order chi connectivity index (χ0) is 38.8. The van der Waals surface area contributed by atoms with Crippen molar-refractivity contribution in [3.05, 3.63) is 97.1 Å². The SMILES string of the molecule is C=CCCC(=O)N[C@H](COC)[C@H](OC(=O)[C@H]1[C@@H]2O[C@@]3(CC2Br)[C@@H]1C(=O)N([C@@H](CO)Cc1ccccc1)[C@@H]3C(=O)N(CC=C)CCCCC)c1ccccc1. The van der Waals surface area contributed by atoms with Gasteiger partial charge in [0.25, 0.3) is 0 Å². The summed E-state index contributed by atoms with van der Waals surface area (Å²) in [6, 6.07) is 16.0. The summed E-state index contributed by atoms with van der Waals surface area (Å²) in [6.07, 6.45) is 5.52. The van der Waals surface area contributed by atoms with Gasteiger partial charge in [-0.15, -0.1) is 13.2 Å². The van der Waals surface area contributed by atoms with Crippen LogP contribution in [0, 0.1) is 11.8 Å². The van der Waals surface area contributed by atoms with Crippen molar-refractivity contribution in [3.8, 4) is 0 Å². The number of alkyl halides is 1. The summed E-state index contributed by atoms with van der Waals surface area (Å²) in [4.78, 5) is 60.4. The lowest BCUT2D eigenvalue weighted by atomic mass is 9.70. The van der Waals surface area contributed by atoms with Crippen molar-refractivity contribution in [2.24, 2.45) is 11.8 Å². The molecular formula is C42H54BrN3O8. The maximum atomic E-state index is 15.0. The first-order chi connectivity index (χ1) is 26.1. The first-order valence-electron chi connectivity index (χ1n) is 19.0. The number of aliphatic hydroxyl groups excluding tert-OH is 1. The molecule has 3 aliphatic rings. The van der Waals surface area contributed by atoms with E-state index in [1.165, 1.54) is 12.0 Å². The first kappa shape index (κ1) is 41.3. The van der Waals surface area contributed by atoms with Crippen molar-refractivity contribution in [1.82, 2.24) is 15.1 Å². The van der Waals surface area contributed by atoms with E-state index in [9.17, 15) is 19.5 Å². The number of aliphatic hydroxyl groups is 1. The van der Waals surface area contributed by atoms with E-state index in [2.05, 4.69) is 41.3 Å². The fourth-order valence-corrected chi connectivity index (χ4v) is 9.39. The third kappa shape index (κ3) is 8.67. The number of carbonyl (C=O) groups is 4. The van der Waals surface area contributed by atoms with Gasteiger partial charge in [0.1, 0.15) is 17.7 Å². The number of likely N-dealkylation sites (tertiary alicyclic amines) is 1. The summed E-state index contributed by atoms with van der Waals surface area (Å²) in [5.41, 5.74) is 0.160. The van der Waals surface area contributed by atoms with Gasteiger partial charge in [-0.2, -0.15) is 0 Å². The van der Waals surface area contributed by atoms with Gasteiger partial charge in [0, 0.05) is 31.4 Å². The average molecular weight is 809 g/mol. The number of halogens is 1. The zero-order valence-corrected chi connectivity index (χ0v) is 32.9. The van der Waals surface area contributed by atoms with E-state index in [-0.39, 0.29) is 36.2 Å². The number of benzene rings is 2. The maximum absolute atomic E-state index is 15.0. The number of nitrogens with zero attached hydrogens (tertiary/aromatic N) is 2. The molecule has 3 saturated heterocycles. The van der Waals surface area contributed by atoms with Crippen LogP contribution >= 0.6 is 15.9 Å². The van der Waals surface area contributed by atoms with Crippen LogP contribution in [-0.4, -0.2) is 107 Å². The molecule has 3 aliphatic heterocycles. The van der Waals surface area contributed by atoms with Gasteiger partial charge in [0.15, 0.2) is 0 Å². The van der Waals surface area contributed by atoms with Crippen molar-refractivity contribution in [1.29, 1.82) is 0 Å². The number of nitrogens with one attached hydrogen (secondary N) is 1. The molecule has 2 aromatic carbocycles. The molecule has 3 heterocycles. The van der Waals surface area contributed by atoms with Crippen molar-refractivity contribution in [3.63, 3.8) is 0 Å². The Bertz CT molecular complexity index is 1610. The molecular weight excluding hydrogens is 754 g/mol. The number of rotatable bonds is 21. The molecule has 2 N–H and O–H groups in total. The molecule has 2 bridgehead atoms. The molecule has 11 nitrogen and oxygen atoms in total. The molecule has 2 aromatic rings. The molecule has 0 aliphatic carbocycles. The molecule has 292 valence electrons. The first-order valence-corrected chi connectivity index (χ1v) is 19.9. The second-order valence-corrected chi connectivity index (χ2v) is 15.6. The van der Waals surface area contributed by atoms with Gasteiger partial charge < -0.3 is 34.4 Å². The number of unbranched alkanes of at least 4 members (excludes halogenated alkanes) is 2. The summed E-state index contributed by atoms with van der Waals surface area (Å²) in [5, 5.41) is 13.9. The minimum absolute atomic E-state index is 0.0455. The number of fused-ring (bicyclic) bond motifs is 1. The van der Waals surface area contributed by atoms with Gasteiger partial charge in [0.05, 0.1) is 43.2 Å². The van der Waals surface area contributed by atoms with Crippen molar-refractivity contribution >= 4 is 39.6 Å². The standard InChI is InChI=1S/C42H54BrN3O8/c1-5-8-16-23-45(22-7-3)40(50)38-42-25-31(43)37(54-42)34(35(42)39(49)46(38)30(26-47)24-28-17-12-10-13-18-28)41(51)53-36(29-19-14-11-15-20-29)32(27-52-4)44-33(48)21-9-6-2/h6-7,10-15,17-20,30-32,34-38,47H,2-3,5,8-9,16,21-27H2,1,4H3,(H,44,48)/t30-,31?,32-,34-,35+,36-,37-,38-,42+/m1/s1. The Balaban J connectivity index is 1.54. The van der Waals surface area contributed by atoms with Crippen LogP contribution in [0.15, 0.2) is 86.0 Å². The molecule has 0 radical (unpaired) electrons. The van der Waals surface area contributed by atoms with E-state index in [1.807, 2.05) is 60.7 Å². The monoisotopic (exact) mass is 807 g/mol. The second kappa shape index (κ2) is 19.2. The highest BCUT2D eigenvalue weighted by molar-refractivity contribution is 9.09. The van der Waals surface area contributed by atoms with Crippen LogP contribution in [0.5, 0.6) is 0 Å². The van der Waals surface area contributed by atoms with E-state index >= 15 is 4.79 Å². The average Bonchev–Trinajstić information content (AvgIpc) is 3.78. The Morgan fingerprint density at radius 2 is 1.81 bits per heavy atom. The molecule has 5 rings (SSSR count). The molecule has 0 saturated carbocycles. The second-order valence-electron chi connectivity index (χ2n) is 14.4. The van der Waals surface area contributed by atoms with Crippen LogP contribution in [-0.2, 0) is 39.8 Å². The predicted octanol–water partition coefficient (Wildman–Crippen LogP) is 4.92. The molecule has 54 heavy (non-hydrogen) atoms. The minimum Gasteiger partial charge on any atom is -0.455 e. The van der Waals surface area contributed by atoms with Crippen LogP contribution in [0.1, 0.15) is 62.7 Å². The number of allylic oxidation sites excluding steroid dienone is 1. The number of hydrogen-bond donors (Lipinski definition) is 2. The topological polar surface area (TPSA) is 135 Å². The predicted molar refractivity (Wildman–Crippen MR) is 208 cm³/mol. The van der Waals surface area contributed by atoms with E-state index < -0.39 is 66.3 Å². The number of ether oxygens (including phenoxy) is 3. The quantitative estimate of drug-likeness (QED) is 0.0786. The lowest BCUT2D eigenvalue weighted by Crippen LogP contribution is -2.59. The molecule has 3 fully saturated rings. The number of carbonyl (C=O) groups excluding carboxylic acids is 4. The van der Waals surface area contributed by atoms with Crippen molar-refractivity contribution in [2.45, 2.75) is 92.6 Å². The lowest BCUT2D eigenvalue weighted by molar-refractivity contribution is -0.163. The number of esters is 1. The molecule has 1 unspecified atom stereocenters. The summed E-state index contributed by atoms with van der Waals surface area (Å²) < 4.78 is 18.7. The van der Waals surface area contributed by atoms with Crippen molar-refractivity contribution in [2.75, 3.05) is 33.4 Å². The summed E-state index contributed by atoms with van der Waals surface area (Å²) in [6.45, 7) is 10.1. The van der Waals surface area contributed by atoms with Crippen LogP contribution < -0.4 is 5.32 Å². The number of amides is 3. The van der Waals surface area contributed by atoms with Crippen LogP contribution in [0.2, 0.25) is 0 Å². The molecule has 3 amide bonds. The highest BCUT2D eigenvalue weighted by atomic mass is 79.9. The van der Waals surface area contributed by atoms with E-state index in [1.54, 1.807) is 17.1 Å². The molecule has 1 spiro atoms. The van der Waals surface area contributed by atoms with E-state index in [4.69, 9.17) is 14.2 Å². The van der Waals surface area contributed by atoms with Gasteiger partial charge >= 0.3 is 5.97 Å². The highest BCUT2D eigenvalue weighted by Crippen LogP contribution is 2.61. The number of methoxy groups -OCH3 is 1.